The topological polar surface area (TPSA) is 33.0 Å². The number of rotatable bonds is 5. The first-order chi connectivity index (χ1) is 9.21. The molecule has 0 radical (unpaired) electrons. The molecular formula is C16H16BrNO. The second-order valence-electron chi connectivity index (χ2n) is 3.80. The summed E-state index contributed by atoms with van der Waals surface area (Å²) >= 11 is 3.46. The van der Waals surface area contributed by atoms with Crippen molar-refractivity contribution in [3.63, 3.8) is 0 Å². The number of ether oxygens (including phenoxy) is 1. The van der Waals surface area contributed by atoms with Gasteiger partial charge in [-0.25, -0.2) is 0 Å². The lowest BCUT2D eigenvalue weighted by Gasteiger charge is -2.08. The molecule has 0 aliphatic heterocycles. The van der Waals surface area contributed by atoms with Crippen molar-refractivity contribution in [3.05, 3.63) is 69.9 Å². The van der Waals surface area contributed by atoms with Crippen molar-refractivity contribution in [2.24, 2.45) is 0 Å². The lowest BCUT2D eigenvalue weighted by Crippen LogP contribution is -1.94. The summed E-state index contributed by atoms with van der Waals surface area (Å²) in [5.41, 5.74) is 1.58. The number of hydrogen-bond acceptors (Lipinski definition) is 2. The zero-order chi connectivity index (χ0) is 14.1. The number of benzene rings is 1. The molecule has 0 amide bonds. The molecule has 0 aliphatic carbocycles. The number of nitrogens with zero attached hydrogens (tertiary/aromatic N) is 1. The summed E-state index contributed by atoms with van der Waals surface area (Å²) in [6, 6.07) is 7.59. The molecule has 98 valence electrons. The fourth-order valence-corrected chi connectivity index (χ4v) is 1.78. The maximum absolute atomic E-state index is 8.89. The van der Waals surface area contributed by atoms with Gasteiger partial charge >= 0.3 is 0 Å². The van der Waals surface area contributed by atoms with Gasteiger partial charge in [0.15, 0.2) is 0 Å². The van der Waals surface area contributed by atoms with E-state index in [4.69, 9.17) is 10.00 Å². The van der Waals surface area contributed by atoms with Crippen molar-refractivity contribution >= 4 is 15.9 Å². The van der Waals surface area contributed by atoms with E-state index in [1.54, 1.807) is 6.07 Å². The van der Waals surface area contributed by atoms with Crippen LogP contribution in [0.4, 0.5) is 0 Å². The Balaban J connectivity index is 2.82. The lowest BCUT2D eigenvalue weighted by molar-refractivity contribution is 0.210. The highest BCUT2D eigenvalue weighted by molar-refractivity contribution is 9.10. The summed E-state index contributed by atoms with van der Waals surface area (Å²) in [5, 5.41) is 8.89. The maximum Gasteiger partial charge on any atom is 0.119 e. The van der Waals surface area contributed by atoms with Gasteiger partial charge in [-0.3, -0.25) is 0 Å². The third-order valence-corrected chi connectivity index (χ3v) is 3.13. The molecule has 1 rings (SSSR count). The van der Waals surface area contributed by atoms with Crippen LogP contribution in [0, 0.1) is 11.3 Å². The summed E-state index contributed by atoms with van der Waals surface area (Å²) in [4.78, 5) is 0. The summed E-state index contributed by atoms with van der Waals surface area (Å²) < 4.78 is 6.68. The molecule has 0 N–H and O–H groups in total. The summed E-state index contributed by atoms with van der Waals surface area (Å²) in [6.07, 6.45) is 9.61. The lowest BCUT2D eigenvalue weighted by atomic mass is 10.1. The van der Waals surface area contributed by atoms with Gasteiger partial charge in [0.2, 0.25) is 0 Å². The molecule has 0 fully saturated rings. The molecule has 0 unspecified atom stereocenters. The fourth-order valence-electron chi connectivity index (χ4n) is 1.42. The van der Waals surface area contributed by atoms with Crippen molar-refractivity contribution in [1.29, 1.82) is 5.26 Å². The predicted octanol–water partition coefficient (Wildman–Crippen LogP) is 4.87. The molecule has 1 aromatic carbocycles. The predicted molar refractivity (Wildman–Crippen MR) is 81.4 cm³/mol. The highest BCUT2D eigenvalue weighted by atomic mass is 79.9. The molecule has 1 aromatic rings. The van der Waals surface area contributed by atoms with Crippen LogP contribution in [-0.4, -0.2) is 0 Å². The number of allylic oxidation sites excluding steroid dienone is 5. The Morgan fingerprint density at radius 2 is 2.16 bits per heavy atom. The van der Waals surface area contributed by atoms with E-state index in [1.165, 1.54) is 0 Å². The van der Waals surface area contributed by atoms with Gasteiger partial charge in [-0.1, -0.05) is 34.2 Å². The minimum atomic E-state index is 0.420. The molecular weight excluding hydrogens is 302 g/mol. The molecule has 0 aliphatic rings. The van der Waals surface area contributed by atoms with Crippen LogP contribution in [0.5, 0.6) is 0 Å². The molecule has 2 nitrogen and oxygen atoms in total. The molecule has 0 saturated heterocycles. The van der Waals surface area contributed by atoms with E-state index in [0.29, 0.717) is 12.2 Å². The first kappa shape index (κ1) is 15.3. The molecule has 3 heteroatoms. The van der Waals surface area contributed by atoms with Crippen molar-refractivity contribution < 1.29 is 4.74 Å². The van der Waals surface area contributed by atoms with Crippen molar-refractivity contribution in [1.82, 2.24) is 0 Å². The van der Waals surface area contributed by atoms with Gasteiger partial charge in [0.25, 0.3) is 0 Å². The van der Waals surface area contributed by atoms with Crippen molar-refractivity contribution in [2.75, 3.05) is 0 Å². The van der Waals surface area contributed by atoms with E-state index in [-0.39, 0.29) is 0 Å². The zero-order valence-corrected chi connectivity index (χ0v) is 12.6. The molecule has 0 spiro atoms. The van der Waals surface area contributed by atoms with Crippen LogP contribution in [0.25, 0.3) is 0 Å². The van der Waals surface area contributed by atoms with Crippen LogP contribution in [0.3, 0.4) is 0 Å². The number of halogens is 1. The molecule has 0 saturated carbocycles. The van der Waals surface area contributed by atoms with Gasteiger partial charge in [-0.15, -0.1) is 0 Å². The van der Waals surface area contributed by atoms with Gasteiger partial charge in [0.1, 0.15) is 12.4 Å². The minimum absolute atomic E-state index is 0.420. The Hall–Kier alpha value is -1.79. The van der Waals surface area contributed by atoms with Crippen LogP contribution >= 0.6 is 15.9 Å². The van der Waals surface area contributed by atoms with Crippen molar-refractivity contribution in [2.45, 2.75) is 20.5 Å². The van der Waals surface area contributed by atoms with E-state index < -0.39 is 0 Å². The van der Waals surface area contributed by atoms with Gasteiger partial charge in [0, 0.05) is 10.0 Å². The van der Waals surface area contributed by atoms with Gasteiger partial charge in [-0.2, -0.15) is 5.26 Å². The first-order valence-corrected chi connectivity index (χ1v) is 6.77. The van der Waals surface area contributed by atoms with E-state index >= 15 is 0 Å². The Morgan fingerprint density at radius 3 is 2.79 bits per heavy atom. The number of hydrogen-bond donors (Lipinski definition) is 0. The van der Waals surface area contributed by atoms with E-state index in [2.05, 4.69) is 22.0 Å². The van der Waals surface area contributed by atoms with E-state index in [0.717, 1.165) is 15.8 Å². The average Bonchev–Trinajstić information content (AvgIpc) is 2.43. The average molecular weight is 318 g/mol. The third-order valence-electron chi connectivity index (χ3n) is 2.35. The van der Waals surface area contributed by atoms with Crippen molar-refractivity contribution in [3.8, 4) is 6.07 Å². The van der Waals surface area contributed by atoms with E-state index in [9.17, 15) is 0 Å². The molecule has 0 bridgehead atoms. The second kappa shape index (κ2) is 8.34. The Morgan fingerprint density at radius 1 is 1.37 bits per heavy atom. The summed E-state index contributed by atoms with van der Waals surface area (Å²) in [7, 11) is 0. The molecule has 0 heterocycles. The zero-order valence-electron chi connectivity index (χ0n) is 11.1. The van der Waals surface area contributed by atoms with Crippen LogP contribution in [-0.2, 0) is 11.3 Å². The van der Waals surface area contributed by atoms with Crippen LogP contribution < -0.4 is 0 Å². The van der Waals surface area contributed by atoms with Crippen LogP contribution in [0.1, 0.15) is 25.0 Å². The van der Waals surface area contributed by atoms with Gasteiger partial charge in [0.05, 0.1) is 11.6 Å². The smallest absolute Gasteiger partial charge is 0.119 e. The minimum Gasteiger partial charge on any atom is -0.489 e. The van der Waals surface area contributed by atoms with Crippen LogP contribution in [0.2, 0.25) is 0 Å². The highest BCUT2D eigenvalue weighted by Crippen LogP contribution is 2.20. The van der Waals surface area contributed by atoms with Crippen LogP contribution in [0.15, 0.2) is 58.8 Å². The standard InChI is InChI=1S/C16H16BrNO/c1-3-5-7-15(6-4-2)19-12-14-10-13(11-18)8-9-16(14)17/h3-10H,12H2,1-2H3/b5-3-,6-4-,15-7+. The van der Waals surface area contributed by atoms with E-state index in [1.807, 2.05) is 56.4 Å². The number of nitriles is 1. The Kier molecular flexibility index (Phi) is 6.70. The third kappa shape index (κ3) is 5.15. The monoisotopic (exact) mass is 317 g/mol. The first-order valence-electron chi connectivity index (χ1n) is 5.98. The molecule has 0 aromatic heterocycles. The quantitative estimate of drug-likeness (QED) is 0.573. The van der Waals surface area contributed by atoms with Gasteiger partial charge in [-0.05, 0) is 44.2 Å². The van der Waals surface area contributed by atoms with Gasteiger partial charge < -0.3 is 4.74 Å². The maximum atomic E-state index is 8.89. The molecule has 0 atom stereocenters. The summed E-state index contributed by atoms with van der Waals surface area (Å²) in [5.74, 6) is 0.787. The normalized spacial score (nSPS) is 12.0. The largest absolute Gasteiger partial charge is 0.489 e. The SMILES string of the molecule is C\C=C/C=C(\C=C/C)OCc1cc(C#N)ccc1Br. The highest BCUT2D eigenvalue weighted by Gasteiger charge is 2.03. The summed E-state index contributed by atoms with van der Waals surface area (Å²) in [6.45, 7) is 4.32. The Labute approximate surface area is 122 Å². The molecule has 19 heavy (non-hydrogen) atoms. The Bertz CT molecular complexity index is 550. The second-order valence-corrected chi connectivity index (χ2v) is 4.66. The fraction of sp³-hybridized carbons (Fsp3) is 0.188.